The highest BCUT2D eigenvalue weighted by Crippen LogP contribution is 2.14. The van der Waals surface area contributed by atoms with Gasteiger partial charge in [-0.1, -0.05) is 31.9 Å². The highest BCUT2D eigenvalue weighted by molar-refractivity contribution is 4.81. The van der Waals surface area contributed by atoms with Gasteiger partial charge in [0.25, 0.3) is 0 Å². The van der Waals surface area contributed by atoms with Gasteiger partial charge in [0, 0.05) is 6.42 Å². The predicted molar refractivity (Wildman–Crippen MR) is 69.5 cm³/mol. The third-order valence-electron chi connectivity index (χ3n) is 3.14. The number of hydrogen-bond donors (Lipinski definition) is 0. The van der Waals surface area contributed by atoms with Crippen molar-refractivity contribution in [3.05, 3.63) is 12.2 Å². The van der Waals surface area contributed by atoms with Crippen molar-refractivity contribution in [2.75, 3.05) is 33.8 Å². The second-order valence-corrected chi connectivity index (χ2v) is 5.55. The Hall–Kier alpha value is -0.340. The third-order valence-corrected chi connectivity index (χ3v) is 3.14. The molecule has 1 heterocycles. The largest absolute Gasteiger partial charge is 0.367 e. The molecule has 2 heteroatoms. The Morgan fingerprint density at radius 1 is 1.19 bits per heavy atom. The predicted octanol–water partition coefficient (Wildman–Crippen LogP) is 2.99. The summed E-state index contributed by atoms with van der Waals surface area (Å²) in [5.74, 6) is 0. The fourth-order valence-corrected chi connectivity index (χ4v) is 1.99. The Morgan fingerprint density at radius 3 is 2.50 bits per heavy atom. The molecule has 1 aliphatic rings. The monoisotopic (exact) mass is 226 g/mol. The SMILES string of the molecule is CCCCC/C=C/CC[N+](C)(C)CC1CO1. The van der Waals surface area contributed by atoms with Crippen LogP contribution in [0.5, 0.6) is 0 Å². The van der Waals surface area contributed by atoms with Crippen LogP contribution in [0.4, 0.5) is 0 Å². The van der Waals surface area contributed by atoms with Crippen molar-refractivity contribution in [2.45, 2.75) is 45.1 Å². The van der Waals surface area contributed by atoms with E-state index in [1.807, 2.05) is 0 Å². The molecule has 16 heavy (non-hydrogen) atoms. The highest BCUT2D eigenvalue weighted by Gasteiger charge is 2.30. The minimum atomic E-state index is 0.545. The van der Waals surface area contributed by atoms with Crippen LogP contribution in [0.3, 0.4) is 0 Å². The van der Waals surface area contributed by atoms with E-state index in [1.54, 1.807) is 0 Å². The first-order chi connectivity index (χ1) is 7.64. The maximum Gasteiger partial charge on any atom is 0.130 e. The van der Waals surface area contributed by atoms with Crippen LogP contribution in [0.15, 0.2) is 12.2 Å². The summed E-state index contributed by atoms with van der Waals surface area (Å²) in [5.41, 5.74) is 0. The quantitative estimate of drug-likeness (QED) is 0.255. The zero-order valence-corrected chi connectivity index (χ0v) is 11.2. The number of epoxide rings is 1. The Labute approximate surface area is 101 Å². The molecule has 0 radical (unpaired) electrons. The van der Waals surface area contributed by atoms with Gasteiger partial charge < -0.3 is 9.22 Å². The lowest BCUT2D eigenvalue weighted by atomic mass is 10.2. The van der Waals surface area contributed by atoms with Gasteiger partial charge in [-0.3, -0.25) is 0 Å². The van der Waals surface area contributed by atoms with E-state index < -0.39 is 0 Å². The minimum Gasteiger partial charge on any atom is -0.367 e. The maximum absolute atomic E-state index is 5.28. The van der Waals surface area contributed by atoms with Crippen LogP contribution in [0, 0.1) is 0 Å². The smallest absolute Gasteiger partial charge is 0.130 e. The van der Waals surface area contributed by atoms with Crippen LogP contribution in [-0.2, 0) is 4.74 Å². The molecule has 0 N–H and O–H groups in total. The van der Waals surface area contributed by atoms with Crippen molar-refractivity contribution < 1.29 is 9.22 Å². The summed E-state index contributed by atoms with van der Waals surface area (Å²) >= 11 is 0. The molecule has 0 aromatic rings. The van der Waals surface area contributed by atoms with E-state index in [-0.39, 0.29) is 0 Å². The molecule has 0 bridgehead atoms. The second-order valence-electron chi connectivity index (χ2n) is 5.55. The average Bonchev–Trinajstić information content (AvgIpc) is 2.99. The molecular weight excluding hydrogens is 198 g/mol. The minimum absolute atomic E-state index is 0.545. The lowest BCUT2D eigenvalue weighted by Gasteiger charge is -2.28. The van der Waals surface area contributed by atoms with Crippen molar-refractivity contribution in [1.29, 1.82) is 0 Å². The summed E-state index contributed by atoms with van der Waals surface area (Å²) < 4.78 is 6.37. The van der Waals surface area contributed by atoms with Gasteiger partial charge in [0.15, 0.2) is 0 Å². The zero-order chi connectivity index (χ0) is 11.9. The molecule has 0 aromatic heterocycles. The summed E-state index contributed by atoms with van der Waals surface area (Å²) in [5, 5.41) is 0. The Kier molecular flexibility index (Phi) is 6.07. The first kappa shape index (κ1) is 13.7. The van der Waals surface area contributed by atoms with Gasteiger partial charge in [-0.25, -0.2) is 0 Å². The number of quaternary nitrogens is 1. The van der Waals surface area contributed by atoms with Crippen LogP contribution < -0.4 is 0 Å². The van der Waals surface area contributed by atoms with Crippen molar-refractivity contribution in [3.63, 3.8) is 0 Å². The van der Waals surface area contributed by atoms with Crippen LogP contribution >= 0.6 is 0 Å². The highest BCUT2D eigenvalue weighted by atomic mass is 16.6. The van der Waals surface area contributed by atoms with Gasteiger partial charge >= 0.3 is 0 Å². The molecule has 1 unspecified atom stereocenters. The Balaban J connectivity index is 1.99. The molecule has 0 aromatic carbocycles. The molecule has 1 fully saturated rings. The van der Waals surface area contributed by atoms with Crippen molar-refractivity contribution >= 4 is 0 Å². The summed E-state index contributed by atoms with van der Waals surface area (Å²) in [4.78, 5) is 0. The van der Waals surface area contributed by atoms with E-state index in [9.17, 15) is 0 Å². The van der Waals surface area contributed by atoms with Crippen LogP contribution in [-0.4, -0.2) is 44.4 Å². The molecule has 0 aliphatic carbocycles. The number of unbranched alkanes of at least 4 members (excludes halogenated alkanes) is 3. The Bertz CT molecular complexity index is 207. The number of likely N-dealkylation sites (N-methyl/N-ethyl adjacent to an activating group) is 1. The standard InChI is InChI=1S/C14H28NO/c1-4-5-6-7-8-9-10-11-15(2,3)12-14-13-16-14/h8-9,14H,4-7,10-13H2,1-3H3/q+1/b9-8+. The van der Waals surface area contributed by atoms with Gasteiger partial charge in [0.1, 0.15) is 12.6 Å². The van der Waals surface area contributed by atoms with Crippen LogP contribution in [0.25, 0.3) is 0 Å². The van der Waals surface area contributed by atoms with Gasteiger partial charge in [0.05, 0.1) is 27.2 Å². The normalized spacial score (nSPS) is 20.6. The number of rotatable bonds is 9. The molecule has 0 saturated carbocycles. The second kappa shape index (κ2) is 7.08. The van der Waals surface area contributed by atoms with Gasteiger partial charge in [-0.2, -0.15) is 0 Å². The lowest BCUT2D eigenvalue weighted by molar-refractivity contribution is -0.890. The van der Waals surface area contributed by atoms with E-state index in [4.69, 9.17) is 4.74 Å². The van der Waals surface area contributed by atoms with Crippen LogP contribution in [0.1, 0.15) is 39.0 Å². The number of ether oxygens (including phenoxy) is 1. The van der Waals surface area contributed by atoms with E-state index in [0.29, 0.717) is 6.10 Å². The summed E-state index contributed by atoms with van der Waals surface area (Å²) in [6.45, 7) is 5.63. The Morgan fingerprint density at radius 2 is 1.88 bits per heavy atom. The third kappa shape index (κ3) is 7.02. The van der Waals surface area contributed by atoms with E-state index in [2.05, 4.69) is 33.2 Å². The fraction of sp³-hybridized carbons (Fsp3) is 0.857. The zero-order valence-electron chi connectivity index (χ0n) is 11.2. The molecule has 0 spiro atoms. The van der Waals surface area contributed by atoms with E-state index in [0.717, 1.165) is 11.1 Å². The molecule has 1 saturated heterocycles. The number of allylic oxidation sites excluding steroid dienone is 1. The van der Waals surface area contributed by atoms with Gasteiger partial charge in [-0.15, -0.1) is 0 Å². The topological polar surface area (TPSA) is 12.5 Å². The molecule has 94 valence electrons. The molecular formula is C14H28NO+. The molecule has 1 aliphatic heterocycles. The van der Waals surface area contributed by atoms with Crippen LogP contribution in [0.2, 0.25) is 0 Å². The molecule has 2 nitrogen and oxygen atoms in total. The maximum atomic E-state index is 5.28. The first-order valence-corrected chi connectivity index (χ1v) is 6.72. The first-order valence-electron chi connectivity index (χ1n) is 6.72. The van der Waals surface area contributed by atoms with Crippen molar-refractivity contribution in [1.82, 2.24) is 0 Å². The van der Waals surface area contributed by atoms with Gasteiger partial charge in [0.2, 0.25) is 0 Å². The lowest BCUT2D eigenvalue weighted by Crippen LogP contribution is -2.43. The number of nitrogens with zero attached hydrogens (tertiary/aromatic N) is 1. The van der Waals surface area contributed by atoms with Gasteiger partial charge in [-0.05, 0) is 12.8 Å². The number of hydrogen-bond acceptors (Lipinski definition) is 1. The van der Waals surface area contributed by atoms with Crippen molar-refractivity contribution in [2.24, 2.45) is 0 Å². The molecule has 1 rings (SSSR count). The molecule has 0 amide bonds. The fourth-order valence-electron chi connectivity index (χ4n) is 1.99. The molecule has 1 atom stereocenters. The van der Waals surface area contributed by atoms with Crippen molar-refractivity contribution in [3.8, 4) is 0 Å². The van der Waals surface area contributed by atoms with E-state index >= 15 is 0 Å². The van der Waals surface area contributed by atoms with E-state index in [1.165, 1.54) is 45.2 Å². The summed E-state index contributed by atoms with van der Waals surface area (Å²) in [6.07, 6.45) is 11.7. The average molecular weight is 226 g/mol. The summed E-state index contributed by atoms with van der Waals surface area (Å²) in [7, 11) is 4.60. The summed E-state index contributed by atoms with van der Waals surface area (Å²) in [6, 6.07) is 0.